The van der Waals surface area contributed by atoms with Gasteiger partial charge in [-0.15, -0.1) is 0 Å². The lowest BCUT2D eigenvalue weighted by atomic mass is 10.00. The van der Waals surface area contributed by atoms with Crippen molar-refractivity contribution in [3.05, 3.63) is 0 Å². The zero-order valence-electron chi connectivity index (χ0n) is 12.1. The molecule has 6 heteroatoms. The third-order valence-electron chi connectivity index (χ3n) is 4.18. The quantitative estimate of drug-likeness (QED) is 0.814. The molecule has 3 unspecified atom stereocenters. The molecule has 0 radical (unpaired) electrons. The summed E-state index contributed by atoms with van der Waals surface area (Å²) in [6.45, 7) is 6.11. The Labute approximate surface area is 117 Å². The van der Waals surface area contributed by atoms with Crippen molar-refractivity contribution in [1.29, 1.82) is 0 Å². The van der Waals surface area contributed by atoms with Gasteiger partial charge in [0.15, 0.2) is 0 Å². The highest BCUT2D eigenvalue weighted by Crippen LogP contribution is 2.18. The molecule has 0 aromatic carbocycles. The first-order valence-corrected chi connectivity index (χ1v) is 8.92. The summed E-state index contributed by atoms with van der Waals surface area (Å²) < 4.78 is 28.9. The lowest BCUT2D eigenvalue weighted by molar-refractivity contribution is 0.275. The molecular formula is C13H27N3O2S. The van der Waals surface area contributed by atoms with E-state index in [1.807, 2.05) is 0 Å². The molecular weight excluding hydrogens is 262 g/mol. The highest BCUT2D eigenvalue weighted by molar-refractivity contribution is 7.87. The van der Waals surface area contributed by atoms with Crippen molar-refractivity contribution in [3.8, 4) is 0 Å². The lowest BCUT2D eigenvalue weighted by Crippen LogP contribution is -2.51. The van der Waals surface area contributed by atoms with Gasteiger partial charge in [0.05, 0.1) is 0 Å². The first kappa shape index (κ1) is 15.2. The molecule has 2 N–H and O–H groups in total. The van der Waals surface area contributed by atoms with Crippen LogP contribution in [0, 0.1) is 5.92 Å². The van der Waals surface area contributed by atoms with Gasteiger partial charge in [-0.25, -0.2) is 4.72 Å². The molecule has 3 atom stereocenters. The van der Waals surface area contributed by atoms with E-state index in [0.717, 1.165) is 19.3 Å². The average molecular weight is 289 g/mol. The second-order valence-electron chi connectivity index (χ2n) is 6.15. The molecule has 2 aliphatic heterocycles. The van der Waals surface area contributed by atoms with Crippen LogP contribution in [0.2, 0.25) is 0 Å². The van der Waals surface area contributed by atoms with Crippen molar-refractivity contribution in [3.63, 3.8) is 0 Å². The second kappa shape index (κ2) is 6.52. The number of rotatable bonds is 4. The summed E-state index contributed by atoms with van der Waals surface area (Å²) in [7, 11) is -3.29. The van der Waals surface area contributed by atoms with Crippen molar-refractivity contribution in [2.75, 3.05) is 19.6 Å². The molecule has 2 rings (SSSR count). The van der Waals surface area contributed by atoms with Gasteiger partial charge in [-0.2, -0.15) is 12.7 Å². The summed E-state index contributed by atoms with van der Waals surface area (Å²) in [6, 6.07) is 0.777. The Morgan fingerprint density at radius 1 is 1.21 bits per heavy atom. The molecule has 0 aliphatic carbocycles. The van der Waals surface area contributed by atoms with Gasteiger partial charge in [0.2, 0.25) is 0 Å². The number of nitrogens with zero attached hydrogens (tertiary/aromatic N) is 1. The highest BCUT2D eigenvalue weighted by Gasteiger charge is 2.28. The third kappa shape index (κ3) is 4.41. The first-order valence-electron chi connectivity index (χ1n) is 7.48. The fraction of sp³-hybridized carbons (Fsp3) is 1.00. The van der Waals surface area contributed by atoms with Crippen LogP contribution in [0.5, 0.6) is 0 Å². The summed E-state index contributed by atoms with van der Waals surface area (Å²) >= 11 is 0. The van der Waals surface area contributed by atoms with Crippen LogP contribution in [0.15, 0.2) is 0 Å². The SMILES string of the molecule is CC1CCCN(S(=O)(=O)NCC2CCCC(C)N2)C1. The Kier molecular flexibility index (Phi) is 5.22. The van der Waals surface area contributed by atoms with E-state index >= 15 is 0 Å². The zero-order valence-corrected chi connectivity index (χ0v) is 12.9. The Morgan fingerprint density at radius 3 is 2.68 bits per heavy atom. The maximum absolute atomic E-state index is 12.2. The molecule has 0 aromatic heterocycles. The molecule has 0 amide bonds. The average Bonchev–Trinajstić information content (AvgIpc) is 2.37. The topological polar surface area (TPSA) is 61.4 Å². The molecule has 112 valence electrons. The van der Waals surface area contributed by atoms with E-state index in [1.54, 1.807) is 4.31 Å². The Balaban J connectivity index is 1.83. The molecule has 19 heavy (non-hydrogen) atoms. The predicted octanol–water partition coefficient (Wildman–Crippen LogP) is 1.08. The molecule has 0 bridgehead atoms. The molecule has 2 heterocycles. The Morgan fingerprint density at radius 2 is 2.00 bits per heavy atom. The summed E-state index contributed by atoms with van der Waals surface area (Å²) in [5.74, 6) is 0.471. The molecule has 5 nitrogen and oxygen atoms in total. The van der Waals surface area contributed by atoms with Crippen molar-refractivity contribution in [2.45, 2.75) is 58.0 Å². The van der Waals surface area contributed by atoms with Gasteiger partial charge >= 0.3 is 0 Å². The molecule has 0 saturated carbocycles. The largest absolute Gasteiger partial charge is 0.310 e. The summed E-state index contributed by atoms with van der Waals surface area (Å²) in [5.41, 5.74) is 0. The first-order chi connectivity index (χ1) is 8.97. The zero-order chi connectivity index (χ0) is 13.9. The number of piperidine rings is 2. The van der Waals surface area contributed by atoms with E-state index in [1.165, 1.54) is 12.8 Å². The van der Waals surface area contributed by atoms with E-state index in [4.69, 9.17) is 0 Å². The molecule has 0 aromatic rings. The van der Waals surface area contributed by atoms with Crippen molar-refractivity contribution in [2.24, 2.45) is 5.92 Å². The van der Waals surface area contributed by atoms with Gasteiger partial charge in [-0.3, -0.25) is 0 Å². The van der Waals surface area contributed by atoms with Crippen molar-refractivity contribution < 1.29 is 8.42 Å². The maximum atomic E-state index is 12.2. The second-order valence-corrected chi connectivity index (χ2v) is 7.91. The van der Waals surface area contributed by atoms with Gasteiger partial charge in [0, 0.05) is 31.7 Å². The predicted molar refractivity (Wildman–Crippen MR) is 77.1 cm³/mol. The molecule has 2 aliphatic rings. The third-order valence-corrected chi connectivity index (χ3v) is 5.72. The molecule has 0 spiro atoms. The van der Waals surface area contributed by atoms with Crippen LogP contribution in [0.4, 0.5) is 0 Å². The fourth-order valence-electron chi connectivity index (χ4n) is 3.06. The summed E-state index contributed by atoms with van der Waals surface area (Å²) in [5, 5.41) is 3.46. The smallest absolute Gasteiger partial charge is 0.279 e. The van der Waals surface area contributed by atoms with Gasteiger partial charge in [-0.05, 0) is 38.5 Å². The highest BCUT2D eigenvalue weighted by atomic mass is 32.2. The van der Waals surface area contributed by atoms with Gasteiger partial charge in [-0.1, -0.05) is 13.3 Å². The minimum Gasteiger partial charge on any atom is -0.310 e. The number of hydrogen-bond acceptors (Lipinski definition) is 3. The summed E-state index contributed by atoms with van der Waals surface area (Å²) in [4.78, 5) is 0. The van der Waals surface area contributed by atoms with E-state index in [9.17, 15) is 8.42 Å². The van der Waals surface area contributed by atoms with Crippen molar-refractivity contribution >= 4 is 10.2 Å². The van der Waals surface area contributed by atoms with Crippen LogP contribution in [0.25, 0.3) is 0 Å². The fourth-order valence-corrected chi connectivity index (χ4v) is 4.48. The van der Waals surface area contributed by atoms with Crippen molar-refractivity contribution in [1.82, 2.24) is 14.3 Å². The monoisotopic (exact) mass is 289 g/mol. The van der Waals surface area contributed by atoms with Gasteiger partial charge in [0.25, 0.3) is 10.2 Å². The van der Waals surface area contributed by atoms with E-state index in [0.29, 0.717) is 31.6 Å². The van der Waals surface area contributed by atoms with Crippen LogP contribution in [-0.4, -0.2) is 44.4 Å². The number of hydrogen-bond donors (Lipinski definition) is 2. The van der Waals surface area contributed by atoms with E-state index in [2.05, 4.69) is 23.9 Å². The normalized spacial score (nSPS) is 34.3. The van der Waals surface area contributed by atoms with E-state index in [-0.39, 0.29) is 6.04 Å². The molecule has 2 fully saturated rings. The van der Waals surface area contributed by atoms with Gasteiger partial charge in [0.1, 0.15) is 0 Å². The number of nitrogens with one attached hydrogen (secondary N) is 2. The van der Waals surface area contributed by atoms with Crippen LogP contribution < -0.4 is 10.0 Å². The Bertz CT molecular complexity index is 385. The standard InChI is InChI=1S/C13H27N3O2S/c1-11-5-4-8-16(10-11)19(17,18)14-9-13-7-3-6-12(2)15-13/h11-15H,3-10H2,1-2H3. The van der Waals surface area contributed by atoms with Crippen LogP contribution in [-0.2, 0) is 10.2 Å². The summed E-state index contributed by atoms with van der Waals surface area (Å²) in [6.07, 6.45) is 5.53. The maximum Gasteiger partial charge on any atom is 0.279 e. The minimum atomic E-state index is -3.29. The van der Waals surface area contributed by atoms with E-state index < -0.39 is 10.2 Å². The lowest BCUT2D eigenvalue weighted by Gasteiger charge is -2.32. The minimum absolute atomic E-state index is 0.278. The molecule has 2 saturated heterocycles. The van der Waals surface area contributed by atoms with Crippen LogP contribution in [0.3, 0.4) is 0 Å². The van der Waals surface area contributed by atoms with Crippen LogP contribution >= 0.6 is 0 Å². The van der Waals surface area contributed by atoms with Crippen LogP contribution in [0.1, 0.15) is 46.0 Å². The van der Waals surface area contributed by atoms with Gasteiger partial charge < -0.3 is 5.32 Å². The Hall–Kier alpha value is -0.170.